The van der Waals surface area contributed by atoms with Crippen LogP contribution in [0.3, 0.4) is 0 Å². The molecular weight excluding hydrogens is 230 g/mol. The molecule has 1 aromatic rings. The first-order valence-electron chi connectivity index (χ1n) is 6.31. The summed E-state index contributed by atoms with van der Waals surface area (Å²) in [6, 6.07) is 0.206. The fraction of sp³-hybridized carbons (Fsp3) is 0.615. The molecular formula is C13H19N3O2. The van der Waals surface area contributed by atoms with Gasteiger partial charge in [-0.2, -0.15) is 0 Å². The monoisotopic (exact) mass is 249 g/mol. The van der Waals surface area contributed by atoms with E-state index < -0.39 is 5.97 Å². The van der Waals surface area contributed by atoms with Gasteiger partial charge in [0, 0.05) is 25.4 Å². The summed E-state index contributed by atoms with van der Waals surface area (Å²) in [5.41, 5.74) is 1.94. The molecule has 1 aromatic heterocycles. The van der Waals surface area contributed by atoms with Crippen LogP contribution >= 0.6 is 0 Å². The van der Waals surface area contributed by atoms with E-state index in [0.29, 0.717) is 0 Å². The van der Waals surface area contributed by atoms with Gasteiger partial charge in [0.15, 0.2) is 0 Å². The Morgan fingerprint density at radius 1 is 1.56 bits per heavy atom. The summed E-state index contributed by atoms with van der Waals surface area (Å²) in [6.07, 6.45) is 4.63. The van der Waals surface area contributed by atoms with E-state index in [-0.39, 0.29) is 18.4 Å². The van der Waals surface area contributed by atoms with Crippen molar-refractivity contribution in [2.24, 2.45) is 5.92 Å². The maximum atomic E-state index is 10.7. The minimum absolute atomic E-state index is 0.206. The fourth-order valence-corrected chi connectivity index (χ4v) is 2.63. The number of carboxylic acid groups (broad SMARTS) is 1. The number of likely N-dealkylation sites (tertiary alicyclic amines) is 1. The standard InChI is InChI=1S/C13H19N3O2/c1-9-13(15-5-4-14-9)10(2)16-6-3-11(8-16)7-12(17)18/h4-5,10-11H,3,6-8H2,1-2H3,(H,17,18). The summed E-state index contributed by atoms with van der Waals surface area (Å²) in [4.78, 5) is 21.7. The van der Waals surface area contributed by atoms with Crippen molar-refractivity contribution in [1.82, 2.24) is 14.9 Å². The molecule has 0 amide bonds. The highest BCUT2D eigenvalue weighted by Gasteiger charge is 2.29. The number of carboxylic acids is 1. The molecule has 0 saturated carbocycles. The van der Waals surface area contributed by atoms with E-state index in [1.807, 2.05) is 6.92 Å². The van der Waals surface area contributed by atoms with Crippen molar-refractivity contribution in [3.05, 3.63) is 23.8 Å². The van der Waals surface area contributed by atoms with E-state index >= 15 is 0 Å². The van der Waals surface area contributed by atoms with Crippen LogP contribution in [0.25, 0.3) is 0 Å². The third kappa shape index (κ3) is 2.85. The highest BCUT2D eigenvalue weighted by Crippen LogP contribution is 2.28. The zero-order valence-corrected chi connectivity index (χ0v) is 10.8. The summed E-state index contributed by atoms with van der Waals surface area (Å²) >= 11 is 0. The fourth-order valence-electron chi connectivity index (χ4n) is 2.63. The lowest BCUT2D eigenvalue weighted by molar-refractivity contribution is -0.138. The number of nitrogens with zero attached hydrogens (tertiary/aromatic N) is 3. The van der Waals surface area contributed by atoms with Crippen molar-refractivity contribution in [3.63, 3.8) is 0 Å². The van der Waals surface area contributed by atoms with Gasteiger partial charge in [-0.25, -0.2) is 0 Å². The largest absolute Gasteiger partial charge is 0.481 e. The molecule has 5 nitrogen and oxygen atoms in total. The van der Waals surface area contributed by atoms with Gasteiger partial charge in [0.05, 0.1) is 17.4 Å². The molecule has 2 unspecified atom stereocenters. The molecule has 1 aliphatic heterocycles. The molecule has 98 valence electrons. The maximum Gasteiger partial charge on any atom is 0.303 e. The lowest BCUT2D eigenvalue weighted by Gasteiger charge is -2.24. The normalized spacial score (nSPS) is 22.0. The molecule has 18 heavy (non-hydrogen) atoms. The van der Waals surface area contributed by atoms with Crippen molar-refractivity contribution in [2.45, 2.75) is 32.7 Å². The molecule has 2 atom stereocenters. The Kier molecular flexibility index (Phi) is 3.91. The van der Waals surface area contributed by atoms with E-state index in [9.17, 15) is 4.79 Å². The van der Waals surface area contributed by atoms with E-state index in [1.54, 1.807) is 12.4 Å². The van der Waals surface area contributed by atoms with Crippen LogP contribution in [-0.2, 0) is 4.79 Å². The van der Waals surface area contributed by atoms with E-state index in [1.165, 1.54) is 0 Å². The molecule has 1 N–H and O–H groups in total. The van der Waals surface area contributed by atoms with Crippen LogP contribution in [-0.4, -0.2) is 39.0 Å². The Balaban J connectivity index is 2.01. The Morgan fingerprint density at radius 2 is 2.28 bits per heavy atom. The van der Waals surface area contributed by atoms with Gasteiger partial charge in [0.1, 0.15) is 0 Å². The number of hydrogen-bond acceptors (Lipinski definition) is 4. The molecule has 1 fully saturated rings. The molecule has 1 aliphatic rings. The Morgan fingerprint density at radius 3 is 2.94 bits per heavy atom. The van der Waals surface area contributed by atoms with Crippen molar-refractivity contribution >= 4 is 5.97 Å². The summed E-state index contributed by atoms with van der Waals surface area (Å²) in [7, 11) is 0. The van der Waals surface area contributed by atoms with Crippen LogP contribution in [0.4, 0.5) is 0 Å². The molecule has 0 aromatic carbocycles. The second kappa shape index (κ2) is 5.44. The SMILES string of the molecule is Cc1nccnc1C(C)N1CCC(CC(=O)O)C1. The smallest absolute Gasteiger partial charge is 0.303 e. The third-order valence-electron chi connectivity index (χ3n) is 3.64. The van der Waals surface area contributed by atoms with E-state index in [0.717, 1.165) is 30.9 Å². The highest BCUT2D eigenvalue weighted by molar-refractivity contribution is 5.67. The van der Waals surface area contributed by atoms with E-state index in [2.05, 4.69) is 21.8 Å². The second-order valence-corrected chi connectivity index (χ2v) is 4.95. The van der Waals surface area contributed by atoms with Crippen LogP contribution in [0.2, 0.25) is 0 Å². The Bertz CT molecular complexity index is 436. The molecule has 2 heterocycles. The van der Waals surface area contributed by atoms with Gasteiger partial charge >= 0.3 is 5.97 Å². The molecule has 5 heteroatoms. The number of carbonyl (C=O) groups is 1. The number of aryl methyl sites for hydroxylation is 1. The van der Waals surface area contributed by atoms with Crippen LogP contribution < -0.4 is 0 Å². The number of aliphatic carboxylic acids is 1. The zero-order valence-electron chi connectivity index (χ0n) is 10.8. The molecule has 0 spiro atoms. The van der Waals surface area contributed by atoms with Crippen molar-refractivity contribution in [3.8, 4) is 0 Å². The topological polar surface area (TPSA) is 66.3 Å². The predicted molar refractivity (Wildman–Crippen MR) is 67.1 cm³/mol. The van der Waals surface area contributed by atoms with Gasteiger partial charge < -0.3 is 5.11 Å². The van der Waals surface area contributed by atoms with E-state index in [4.69, 9.17) is 5.11 Å². The lowest BCUT2D eigenvalue weighted by Crippen LogP contribution is -2.26. The maximum absolute atomic E-state index is 10.7. The average Bonchev–Trinajstić information content (AvgIpc) is 2.76. The van der Waals surface area contributed by atoms with Crippen molar-refractivity contribution in [2.75, 3.05) is 13.1 Å². The Labute approximate surface area is 107 Å². The first-order valence-corrected chi connectivity index (χ1v) is 6.31. The molecule has 0 radical (unpaired) electrons. The first kappa shape index (κ1) is 13.0. The van der Waals surface area contributed by atoms with Crippen molar-refractivity contribution < 1.29 is 9.90 Å². The average molecular weight is 249 g/mol. The van der Waals surface area contributed by atoms with Crippen LogP contribution in [0, 0.1) is 12.8 Å². The first-order chi connectivity index (χ1) is 8.58. The van der Waals surface area contributed by atoms with Gasteiger partial charge in [-0.05, 0) is 32.7 Å². The van der Waals surface area contributed by atoms with Crippen LogP contribution in [0.1, 0.15) is 37.2 Å². The van der Waals surface area contributed by atoms with Crippen molar-refractivity contribution in [1.29, 1.82) is 0 Å². The number of rotatable bonds is 4. The summed E-state index contributed by atoms with van der Waals surface area (Å²) < 4.78 is 0. The third-order valence-corrected chi connectivity index (χ3v) is 3.64. The zero-order chi connectivity index (χ0) is 13.1. The Hall–Kier alpha value is -1.49. The minimum Gasteiger partial charge on any atom is -0.481 e. The molecule has 0 bridgehead atoms. The number of aromatic nitrogens is 2. The summed E-state index contributed by atoms with van der Waals surface area (Å²) in [5.74, 6) is -0.438. The van der Waals surface area contributed by atoms with Gasteiger partial charge in [-0.1, -0.05) is 0 Å². The van der Waals surface area contributed by atoms with Crippen LogP contribution in [0.5, 0.6) is 0 Å². The minimum atomic E-state index is -0.704. The summed E-state index contributed by atoms with van der Waals surface area (Å²) in [6.45, 7) is 5.85. The summed E-state index contributed by atoms with van der Waals surface area (Å²) in [5, 5.41) is 8.82. The molecule has 0 aliphatic carbocycles. The second-order valence-electron chi connectivity index (χ2n) is 4.95. The van der Waals surface area contributed by atoms with Gasteiger partial charge in [0.25, 0.3) is 0 Å². The van der Waals surface area contributed by atoms with Gasteiger partial charge in [-0.15, -0.1) is 0 Å². The molecule has 1 saturated heterocycles. The quantitative estimate of drug-likeness (QED) is 0.878. The number of hydrogen-bond donors (Lipinski definition) is 1. The molecule has 2 rings (SSSR count). The van der Waals surface area contributed by atoms with Crippen LogP contribution in [0.15, 0.2) is 12.4 Å². The van der Waals surface area contributed by atoms with Gasteiger partial charge in [-0.3, -0.25) is 19.7 Å². The lowest BCUT2D eigenvalue weighted by atomic mass is 10.1. The highest BCUT2D eigenvalue weighted by atomic mass is 16.4. The van der Waals surface area contributed by atoms with Gasteiger partial charge in [0.2, 0.25) is 0 Å². The predicted octanol–water partition coefficient (Wildman–Crippen LogP) is 1.64.